The number of nitrogens with zero attached hydrogens (tertiary/aromatic N) is 4. The fourth-order valence-corrected chi connectivity index (χ4v) is 5.61. The highest BCUT2D eigenvalue weighted by atomic mass is 35.5. The first-order valence-corrected chi connectivity index (χ1v) is 13.9. The first-order valence-electron chi connectivity index (χ1n) is 13.6. The van der Waals surface area contributed by atoms with Crippen LogP contribution in [0.3, 0.4) is 0 Å². The van der Waals surface area contributed by atoms with E-state index >= 15 is 4.39 Å². The number of halogens is 2. The van der Waals surface area contributed by atoms with Crippen LogP contribution >= 0.6 is 11.6 Å². The number of rotatable bonds is 5. The molecule has 1 fully saturated rings. The number of fused-ring (bicyclic) bond motifs is 3. The third-order valence-corrected chi connectivity index (χ3v) is 7.69. The molecule has 210 valence electrons. The molecule has 6 rings (SSSR count). The number of anilines is 4. The van der Waals surface area contributed by atoms with Crippen LogP contribution in [0, 0.1) is 5.82 Å². The van der Waals surface area contributed by atoms with E-state index in [9.17, 15) is 4.79 Å². The van der Waals surface area contributed by atoms with Gasteiger partial charge >= 0.3 is 0 Å². The molecule has 3 heterocycles. The van der Waals surface area contributed by atoms with Gasteiger partial charge in [0.2, 0.25) is 5.95 Å². The number of aromatic nitrogens is 2. The molecule has 41 heavy (non-hydrogen) atoms. The summed E-state index contributed by atoms with van der Waals surface area (Å²) in [5.74, 6) is 0.487. The van der Waals surface area contributed by atoms with Crippen molar-refractivity contribution in [2.24, 2.45) is 0 Å². The first-order chi connectivity index (χ1) is 19.9. The van der Waals surface area contributed by atoms with Crippen molar-refractivity contribution in [2.45, 2.75) is 19.4 Å². The van der Waals surface area contributed by atoms with Crippen LogP contribution in [-0.4, -0.2) is 60.1 Å². The summed E-state index contributed by atoms with van der Waals surface area (Å²) in [4.78, 5) is 26.1. The quantitative estimate of drug-likeness (QED) is 0.312. The molecule has 1 amide bonds. The van der Waals surface area contributed by atoms with E-state index in [1.807, 2.05) is 46.2 Å². The van der Waals surface area contributed by atoms with Gasteiger partial charge in [0.05, 0.1) is 18.5 Å². The molecule has 1 saturated heterocycles. The summed E-state index contributed by atoms with van der Waals surface area (Å²) in [5.41, 5.74) is 4.97. The Kier molecular flexibility index (Phi) is 7.47. The summed E-state index contributed by atoms with van der Waals surface area (Å²) >= 11 is 6.43. The predicted molar refractivity (Wildman–Crippen MR) is 159 cm³/mol. The highest BCUT2D eigenvalue weighted by Crippen LogP contribution is 2.44. The van der Waals surface area contributed by atoms with Gasteiger partial charge < -0.3 is 25.2 Å². The summed E-state index contributed by atoms with van der Waals surface area (Å²) in [6, 6.07) is 17.9. The van der Waals surface area contributed by atoms with E-state index in [0.717, 1.165) is 34.7 Å². The van der Waals surface area contributed by atoms with Crippen LogP contribution in [0.25, 0.3) is 11.3 Å². The van der Waals surface area contributed by atoms with E-state index in [1.54, 1.807) is 24.4 Å². The van der Waals surface area contributed by atoms with Crippen LogP contribution in [-0.2, 0) is 6.42 Å². The molecular weight excluding hydrogens is 543 g/mol. The number of methoxy groups -OCH3 is 1. The van der Waals surface area contributed by atoms with Crippen molar-refractivity contribution in [1.82, 2.24) is 20.2 Å². The van der Waals surface area contributed by atoms with Crippen molar-refractivity contribution >= 4 is 40.5 Å². The van der Waals surface area contributed by atoms with Gasteiger partial charge in [0, 0.05) is 60.3 Å². The van der Waals surface area contributed by atoms with Gasteiger partial charge in [-0.2, -0.15) is 0 Å². The number of nitrogens with one attached hydrogen (secondary N) is 2. The van der Waals surface area contributed by atoms with E-state index in [1.165, 1.54) is 13.2 Å². The lowest BCUT2D eigenvalue weighted by Gasteiger charge is -2.32. The van der Waals surface area contributed by atoms with Crippen LogP contribution in [0.5, 0.6) is 5.75 Å². The molecule has 4 aromatic rings. The van der Waals surface area contributed by atoms with Gasteiger partial charge in [-0.3, -0.25) is 4.79 Å². The van der Waals surface area contributed by atoms with Crippen LogP contribution in [0.1, 0.15) is 22.8 Å². The molecule has 0 saturated carbocycles. The maximum Gasteiger partial charge on any atom is 0.253 e. The molecule has 0 spiro atoms. The summed E-state index contributed by atoms with van der Waals surface area (Å²) < 4.78 is 20.7. The van der Waals surface area contributed by atoms with Gasteiger partial charge in [0.1, 0.15) is 11.4 Å². The standard InChI is InChI=1S/C31H30ClFN6O2/c1-19-18-38(15-13-34-19)30(40)20-6-9-23(10-7-20)36-31-35-17-21-12-14-39(29-25(33)4-3-5-27(29)41-2)26-16-22(32)8-11-24(26)28(21)37-31/h3-11,16-17,19,34H,12-15,18H2,1-2H3,(H,35,36,37). The third kappa shape index (κ3) is 5.42. The first kappa shape index (κ1) is 27.0. The Balaban J connectivity index is 1.29. The number of piperazine rings is 1. The molecule has 1 atom stereocenters. The highest BCUT2D eigenvalue weighted by Gasteiger charge is 2.27. The summed E-state index contributed by atoms with van der Waals surface area (Å²) in [5, 5.41) is 7.15. The van der Waals surface area contributed by atoms with Gasteiger partial charge in [-0.15, -0.1) is 0 Å². The Morgan fingerprint density at radius 1 is 1.15 bits per heavy atom. The molecule has 3 aromatic carbocycles. The zero-order valence-electron chi connectivity index (χ0n) is 22.8. The largest absolute Gasteiger partial charge is 0.494 e. The van der Waals surface area contributed by atoms with Crippen LogP contribution in [0.4, 0.5) is 27.4 Å². The highest BCUT2D eigenvalue weighted by molar-refractivity contribution is 6.31. The van der Waals surface area contributed by atoms with Crippen molar-refractivity contribution in [1.29, 1.82) is 0 Å². The molecule has 2 N–H and O–H groups in total. The third-order valence-electron chi connectivity index (χ3n) is 7.46. The van der Waals surface area contributed by atoms with Gasteiger partial charge in [-0.25, -0.2) is 14.4 Å². The van der Waals surface area contributed by atoms with Gasteiger partial charge in [0.25, 0.3) is 5.91 Å². The minimum Gasteiger partial charge on any atom is -0.494 e. The Hall–Kier alpha value is -4.21. The normalized spacial score (nSPS) is 16.4. The Labute approximate surface area is 243 Å². The SMILES string of the molecule is COc1cccc(F)c1N1CCc2cnc(Nc3ccc(C(=O)N4CCNC(C)C4)cc3)nc2-c2ccc(Cl)cc21. The summed E-state index contributed by atoms with van der Waals surface area (Å²) in [7, 11) is 1.53. The minimum atomic E-state index is -0.386. The summed E-state index contributed by atoms with van der Waals surface area (Å²) in [6.07, 6.45) is 2.38. The molecule has 1 unspecified atom stereocenters. The molecular formula is C31H30ClFN6O2. The van der Waals surface area contributed by atoms with Crippen molar-refractivity contribution < 1.29 is 13.9 Å². The van der Waals surface area contributed by atoms with Gasteiger partial charge in [-0.1, -0.05) is 17.7 Å². The maximum absolute atomic E-state index is 15.2. The Bertz CT molecular complexity index is 1600. The lowest BCUT2D eigenvalue weighted by atomic mass is 10.0. The number of benzene rings is 3. The average Bonchev–Trinajstić information content (AvgIpc) is 3.13. The number of hydrogen-bond donors (Lipinski definition) is 2. The van der Waals surface area contributed by atoms with Crippen molar-refractivity contribution in [3.05, 3.63) is 88.8 Å². The zero-order valence-corrected chi connectivity index (χ0v) is 23.6. The lowest BCUT2D eigenvalue weighted by molar-refractivity contribution is 0.0709. The maximum atomic E-state index is 15.2. The Morgan fingerprint density at radius 3 is 2.76 bits per heavy atom. The molecule has 10 heteroatoms. The van der Waals surface area contributed by atoms with Gasteiger partial charge in [-0.05, 0) is 73.5 Å². The second-order valence-corrected chi connectivity index (χ2v) is 10.7. The fourth-order valence-electron chi connectivity index (χ4n) is 5.44. The fraction of sp³-hybridized carbons (Fsp3) is 0.258. The van der Waals surface area contributed by atoms with E-state index in [2.05, 4.69) is 22.5 Å². The van der Waals surface area contributed by atoms with E-state index in [0.29, 0.717) is 54.0 Å². The molecule has 0 radical (unpaired) electrons. The number of ether oxygens (including phenoxy) is 1. The number of para-hydroxylation sites is 1. The second kappa shape index (κ2) is 11.3. The van der Waals surface area contributed by atoms with Crippen LogP contribution in [0.2, 0.25) is 5.02 Å². The van der Waals surface area contributed by atoms with Crippen molar-refractivity contribution in [2.75, 3.05) is 43.5 Å². The minimum absolute atomic E-state index is 0.0255. The van der Waals surface area contributed by atoms with Gasteiger partial charge in [0.15, 0.2) is 5.82 Å². The predicted octanol–water partition coefficient (Wildman–Crippen LogP) is 5.82. The van der Waals surface area contributed by atoms with Crippen molar-refractivity contribution in [3.8, 4) is 17.0 Å². The van der Waals surface area contributed by atoms with E-state index < -0.39 is 0 Å². The lowest BCUT2D eigenvalue weighted by Crippen LogP contribution is -2.51. The number of amides is 1. The van der Waals surface area contributed by atoms with Crippen LogP contribution in [0.15, 0.2) is 66.9 Å². The smallest absolute Gasteiger partial charge is 0.253 e. The molecule has 2 aliphatic rings. The number of carbonyl (C=O) groups is 1. The monoisotopic (exact) mass is 572 g/mol. The summed E-state index contributed by atoms with van der Waals surface area (Å²) in [6.45, 7) is 4.74. The molecule has 1 aromatic heterocycles. The topological polar surface area (TPSA) is 82.6 Å². The molecule has 0 aliphatic carbocycles. The van der Waals surface area contributed by atoms with E-state index in [-0.39, 0.29) is 17.8 Å². The molecule has 0 bridgehead atoms. The molecule has 2 aliphatic heterocycles. The van der Waals surface area contributed by atoms with Crippen LogP contribution < -0.4 is 20.3 Å². The zero-order chi connectivity index (χ0) is 28.5. The van der Waals surface area contributed by atoms with E-state index in [4.69, 9.17) is 21.3 Å². The van der Waals surface area contributed by atoms with Crippen molar-refractivity contribution in [3.63, 3.8) is 0 Å². The number of carbonyl (C=O) groups excluding carboxylic acids is 1. The average molecular weight is 573 g/mol. The number of hydrogen-bond acceptors (Lipinski definition) is 7. The Morgan fingerprint density at radius 2 is 1.98 bits per heavy atom. The molecule has 8 nitrogen and oxygen atoms in total. The second-order valence-electron chi connectivity index (χ2n) is 10.2.